The SMILES string of the molecule is Cc1ccc(C(=O)N(C)C(=O)O)cc1[N+](=O)[O-]. The molecule has 0 aliphatic rings. The molecule has 1 rings (SSSR count). The van der Waals surface area contributed by atoms with Gasteiger partial charge in [0.25, 0.3) is 11.6 Å². The van der Waals surface area contributed by atoms with Gasteiger partial charge in [-0.15, -0.1) is 0 Å². The first-order valence-electron chi connectivity index (χ1n) is 4.60. The molecular weight excluding hydrogens is 228 g/mol. The van der Waals surface area contributed by atoms with E-state index in [0.717, 1.165) is 13.1 Å². The van der Waals surface area contributed by atoms with Crippen LogP contribution in [0.1, 0.15) is 15.9 Å². The summed E-state index contributed by atoms with van der Waals surface area (Å²) in [4.78, 5) is 32.7. The molecule has 17 heavy (non-hydrogen) atoms. The number of rotatable bonds is 2. The number of amides is 2. The average molecular weight is 238 g/mol. The van der Waals surface area contributed by atoms with Gasteiger partial charge in [-0.2, -0.15) is 0 Å². The Labute approximate surface area is 96.4 Å². The first-order chi connectivity index (χ1) is 7.84. The maximum atomic E-state index is 11.6. The molecule has 0 saturated carbocycles. The van der Waals surface area contributed by atoms with Crippen molar-refractivity contribution in [1.29, 1.82) is 0 Å². The highest BCUT2D eigenvalue weighted by Crippen LogP contribution is 2.19. The Morgan fingerprint density at radius 1 is 1.41 bits per heavy atom. The minimum atomic E-state index is -1.42. The van der Waals surface area contributed by atoms with E-state index < -0.39 is 16.9 Å². The molecule has 0 saturated heterocycles. The fraction of sp³-hybridized carbons (Fsp3) is 0.200. The van der Waals surface area contributed by atoms with E-state index in [2.05, 4.69) is 0 Å². The summed E-state index contributed by atoms with van der Waals surface area (Å²) in [6.45, 7) is 1.54. The van der Waals surface area contributed by atoms with Crippen LogP contribution in [0, 0.1) is 17.0 Å². The van der Waals surface area contributed by atoms with Crippen molar-refractivity contribution in [3.63, 3.8) is 0 Å². The maximum absolute atomic E-state index is 11.6. The first kappa shape index (κ1) is 12.6. The fourth-order valence-electron chi connectivity index (χ4n) is 1.22. The largest absolute Gasteiger partial charge is 0.465 e. The number of benzene rings is 1. The second-order valence-corrected chi connectivity index (χ2v) is 3.41. The van der Waals surface area contributed by atoms with Crippen LogP contribution in [0.4, 0.5) is 10.5 Å². The molecule has 0 heterocycles. The average Bonchev–Trinajstić information content (AvgIpc) is 2.27. The van der Waals surface area contributed by atoms with Crippen LogP contribution in [-0.2, 0) is 0 Å². The summed E-state index contributed by atoms with van der Waals surface area (Å²) < 4.78 is 0. The van der Waals surface area contributed by atoms with Gasteiger partial charge in [0.2, 0.25) is 0 Å². The van der Waals surface area contributed by atoms with E-state index in [9.17, 15) is 19.7 Å². The molecule has 1 aromatic rings. The van der Waals surface area contributed by atoms with Crippen molar-refractivity contribution in [2.24, 2.45) is 0 Å². The van der Waals surface area contributed by atoms with Gasteiger partial charge in [-0.25, -0.2) is 9.69 Å². The molecule has 7 nitrogen and oxygen atoms in total. The standard InChI is InChI=1S/C10H10N2O5/c1-6-3-4-7(5-8(6)12(16)17)9(13)11(2)10(14)15/h3-5H,1-2H3,(H,14,15). The molecule has 0 aromatic heterocycles. The lowest BCUT2D eigenvalue weighted by atomic mass is 10.1. The van der Waals surface area contributed by atoms with Gasteiger partial charge < -0.3 is 5.11 Å². The van der Waals surface area contributed by atoms with Crippen molar-refractivity contribution >= 4 is 17.7 Å². The molecule has 1 N–H and O–H groups in total. The lowest BCUT2D eigenvalue weighted by Crippen LogP contribution is -2.31. The van der Waals surface area contributed by atoms with Crippen LogP contribution in [0.2, 0.25) is 0 Å². The molecule has 7 heteroatoms. The van der Waals surface area contributed by atoms with Crippen molar-refractivity contribution in [3.05, 3.63) is 39.4 Å². The van der Waals surface area contributed by atoms with Crippen molar-refractivity contribution in [2.45, 2.75) is 6.92 Å². The van der Waals surface area contributed by atoms with E-state index in [-0.39, 0.29) is 11.3 Å². The molecule has 0 bridgehead atoms. The Bertz CT molecular complexity index is 497. The van der Waals surface area contributed by atoms with Gasteiger partial charge in [0, 0.05) is 24.2 Å². The zero-order valence-corrected chi connectivity index (χ0v) is 9.21. The predicted octanol–water partition coefficient (Wildman–Crippen LogP) is 1.65. The zero-order chi connectivity index (χ0) is 13.2. The molecule has 0 atom stereocenters. The Balaban J connectivity index is 3.16. The quantitative estimate of drug-likeness (QED) is 0.623. The summed E-state index contributed by atoms with van der Waals surface area (Å²) in [5.74, 6) is -0.805. The van der Waals surface area contributed by atoms with E-state index in [4.69, 9.17) is 5.11 Å². The molecule has 0 unspecified atom stereocenters. The number of carboxylic acid groups (broad SMARTS) is 1. The van der Waals surface area contributed by atoms with Gasteiger partial charge in [-0.3, -0.25) is 14.9 Å². The molecule has 90 valence electrons. The van der Waals surface area contributed by atoms with Gasteiger partial charge in [-0.05, 0) is 13.0 Å². The number of nitro groups is 1. The summed E-state index contributed by atoms with van der Waals surface area (Å²) in [5.41, 5.74) is 0.159. The van der Waals surface area contributed by atoms with Crippen LogP contribution in [0.15, 0.2) is 18.2 Å². The van der Waals surface area contributed by atoms with Crippen LogP contribution in [0.5, 0.6) is 0 Å². The molecule has 0 aliphatic carbocycles. The highest BCUT2D eigenvalue weighted by atomic mass is 16.6. The second-order valence-electron chi connectivity index (χ2n) is 3.41. The Morgan fingerprint density at radius 3 is 2.47 bits per heavy atom. The molecule has 2 amide bonds. The van der Waals surface area contributed by atoms with Gasteiger partial charge in [0.15, 0.2) is 0 Å². The van der Waals surface area contributed by atoms with E-state index in [1.54, 1.807) is 0 Å². The molecule has 1 aromatic carbocycles. The normalized spacial score (nSPS) is 9.76. The lowest BCUT2D eigenvalue weighted by Gasteiger charge is -2.10. The number of carbonyl (C=O) groups is 2. The number of nitrogens with zero attached hydrogens (tertiary/aromatic N) is 2. The highest BCUT2D eigenvalue weighted by molar-refractivity contribution is 6.02. The number of hydrogen-bond donors (Lipinski definition) is 1. The smallest absolute Gasteiger partial charge is 0.414 e. The van der Waals surface area contributed by atoms with E-state index in [1.165, 1.54) is 19.1 Å². The van der Waals surface area contributed by atoms with Crippen molar-refractivity contribution < 1.29 is 19.6 Å². The van der Waals surface area contributed by atoms with Crippen LogP contribution in [0.25, 0.3) is 0 Å². The summed E-state index contributed by atoms with van der Waals surface area (Å²) >= 11 is 0. The van der Waals surface area contributed by atoms with Crippen molar-refractivity contribution in [2.75, 3.05) is 7.05 Å². The van der Waals surface area contributed by atoms with E-state index in [0.29, 0.717) is 10.5 Å². The molecule has 0 radical (unpaired) electrons. The van der Waals surface area contributed by atoms with Crippen LogP contribution in [-0.4, -0.2) is 34.0 Å². The Hall–Kier alpha value is -2.44. The maximum Gasteiger partial charge on any atom is 0.414 e. The van der Waals surface area contributed by atoms with Gasteiger partial charge in [0.05, 0.1) is 4.92 Å². The summed E-state index contributed by atoms with van der Waals surface area (Å²) in [6.07, 6.45) is -1.42. The monoisotopic (exact) mass is 238 g/mol. The summed E-state index contributed by atoms with van der Waals surface area (Å²) in [6, 6.07) is 3.82. The highest BCUT2D eigenvalue weighted by Gasteiger charge is 2.20. The number of nitro benzene ring substituents is 1. The number of hydrogen-bond acceptors (Lipinski definition) is 4. The molecule has 0 aliphatic heterocycles. The summed E-state index contributed by atoms with van der Waals surface area (Å²) in [7, 11) is 1.08. The minimum Gasteiger partial charge on any atom is -0.465 e. The van der Waals surface area contributed by atoms with Gasteiger partial charge in [-0.1, -0.05) is 6.07 Å². The minimum absolute atomic E-state index is 0.0350. The van der Waals surface area contributed by atoms with Crippen molar-refractivity contribution in [1.82, 2.24) is 4.90 Å². The second kappa shape index (κ2) is 4.60. The topological polar surface area (TPSA) is 101 Å². The first-order valence-corrected chi connectivity index (χ1v) is 4.60. The summed E-state index contributed by atoms with van der Waals surface area (Å²) in [5, 5.41) is 19.3. The van der Waals surface area contributed by atoms with E-state index >= 15 is 0 Å². The molecule has 0 fully saturated rings. The third-order valence-electron chi connectivity index (χ3n) is 2.24. The zero-order valence-electron chi connectivity index (χ0n) is 9.21. The number of carbonyl (C=O) groups excluding carboxylic acids is 1. The van der Waals surface area contributed by atoms with Crippen LogP contribution >= 0.6 is 0 Å². The predicted molar refractivity (Wildman–Crippen MR) is 58.0 cm³/mol. The van der Waals surface area contributed by atoms with Crippen molar-refractivity contribution in [3.8, 4) is 0 Å². The number of imide groups is 1. The third-order valence-corrected chi connectivity index (χ3v) is 2.24. The Kier molecular flexibility index (Phi) is 3.42. The van der Waals surface area contributed by atoms with E-state index in [1.807, 2.05) is 0 Å². The Morgan fingerprint density at radius 2 is 2.00 bits per heavy atom. The van der Waals surface area contributed by atoms with Gasteiger partial charge in [0.1, 0.15) is 0 Å². The fourth-order valence-corrected chi connectivity index (χ4v) is 1.22. The number of aryl methyl sites for hydroxylation is 1. The van der Waals surface area contributed by atoms with Gasteiger partial charge >= 0.3 is 6.09 Å². The molecule has 0 spiro atoms. The lowest BCUT2D eigenvalue weighted by molar-refractivity contribution is -0.385. The third kappa shape index (κ3) is 2.57. The van der Waals surface area contributed by atoms with Crippen LogP contribution in [0.3, 0.4) is 0 Å². The molecular formula is C10H10N2O5. The van der Waals surface area contributed by atoms with Crippen LogP contribution < -0.4 is 0 Å².